The van der Waals surface area contributed by atoms with Crippen LogP contribution in [0.15, 0.2) is 11.0 Å². The maximum atomic E-state index is 10.7. The molecule has 0 bridgehead atoms. The molecule has 11 heavy (non-hydrogen) atoms. The van der Waals surface area contributed by atoms with Crippen LogP contribution in [0.3, 0.4) is 0 Å². The lowest BCUT2D eigenvalue weighted by Gasteiger charge is -1.92. The van der Waals surface area contributed by atoms with Gasteiger partial charge >= 0.3 is 0 Å². The molecule has 0 spiro atoms. The van der Waals surface area contributed by atoms with Crippen molar-refractivity contribution in [1.82, 2.24) is 5.32 Å². The lowest BCUT2D eigenvalue weighted by Crippen LogP contribution is -2.24. The zero-order valence-electron chi connectivity index (χ0n) is 5.62. The molecular formula is C5H5NO4S. The van der Waals surface area contributed by atoms with Gasteiger partial charge in [-0.1, -0.05) is 0 Å². The topological polar surface area (TPSA) is 80.3 Å². The minimum absolute atomic E-state index is 0.470. The number of amides is 2. The molecule has 0 aromatic carbocycles. The minimum atomic E-state index is -3.56. The van der Waals surface area contributed by atoms with Crippen molar-refractivity contribution in [3.8, 4) is 0 Å². The summed E-state index contributed by atoms with van der Waals surface area (Å²) in [6.45, 7) is 0. The monoisotopic (exact) mass is 175 g/mol. The molecule has 1 rings (SSSR count). The largest absolute Gasteiger partial charge is 0.288 e. The quantitative estimate of drug-likeness (QED) is 0.495. The molecule has 1 N–H and O–H groups in total. The predicted molar refractivity (Wildman–Crippen MR) is 36.1 cm³/mol. The van der Waals surface area contributed by atoms with Gasteiger partial charge in [0, 0.05) is 12.3 Å². The highest BCUT2D eigenvalue weighted by Crippen LogP contribution is 2.08. The Morgan fingerprint density at radius 3 is 2.09 bits per heavy atom. The lowest BCUT2D eigenvalue weighted by atomic mass is 10.5. The van der Waals surface area contributed by atoms with Gasteiger partial charge in [-0.15, -0.1) is 0 Å². The number of imide groups is 1. The van der Waals surface area contributed by atoms with Crippen LogP contribution in [0.2, 0.25) is 0 Å². The van der Waals surface area contributed by atoms with Gasteiger partial charge < -0.3 is 0 Å². The second-order valence-electron chi connectivity index (χ2n) is 2.10. The van der Waals surface area contributed by atoms with E-state index in [2.05, 4.69) is 0 Å². The number of carbonyl (C=O) groups excluding carboxylic acids is 2. The standard InChI is InChI=1S/C5H5NO4S/c1-11(9,10)3-2-4(7)6-5(3)8/h2H,1H3,(H,6,7,8). The van der Waals surface area contributed by atoms with Crippen molar-refractivity contribution in [3.05, 3.63) is 11.0 Å². The fraction of sp³-hybridized carbons (Fsp3) is 0.200. The molecule has 0 aliphatic carbocycles. The summed E-state index contributed by atoms with van der Waals surface area (Å²) in [5.41, 5.74) is 0. The molecule has 0 atom stereocenters. The van der Waals surface area contributed by atoms with Gasteiger partial charge in [0.25, 0.3) is 11.8 Å². The van der Waals surface area contributed by atoms with Crippen molar-refractivity contribution in [3.63, 3.8) is 0 Å². The van der Waals surface area contributed by atoms with Gasteiger partial charge in [-0.05, 0) is 0 Å². The van der Waals surface area contributed by atoms with Gasteiger partial charge in [0.1, 0.15) is 4.91 Å². The molecule has 0 fully saturated rings. The maximum absolute atomic E-state index is 10.7. The molecule has 1 aliphatic rings. The van der Waals surface area contributed by atoms with Gasteiger partial charge in [-0.2, -0.15) is 0 Å². The van der Waals surface area contributed by atoms with Gasteiger partial charge in [-0.3, -0.25) is 14.9 Å². The zero-order valence-corrected chi connectivity index (χ0v) is 6.44. The van der Waals surface area contributed by atoms with Crippen LogP contribution in [0.25, 0.3) is 0 Å². The molecule has 6 heteroatoms. The Hall–Kier alpha value is -1.17. The van der Waals surface area contributed by atoms with E-state index >= 15 is 0 Å². The summed E-state index contributed by atoms with van der Waals surface area (Å²) < 4.78 is 21.4. The Morgan fingerprint density at radius 1 is 1.36 bits per heavy atom. The van der Waals surface area contributed by atoms with E-state index < -0.39 is 26.6 Å². The van der Waals surface area contributed by atoms with E-state index in [0.29, 0.717) is 0 Å². The van der Waals surface area contributed by atoms with Crippen LogP contribution in [0.1, 0.15) is 0 Å². The Labute approximate surface area is 63.0 Å². The van der Waals surface area contributed by atoms with Crippen LogP contribution in [-0.2, 0) is 19.4 Å². The van der Waals surface area contributed by atoms with Gasteiger partial charge in [0.2, 0.25) is 0 Å². The van der Waals surface area contributed by atoms with E-state index in [1.54, 1.807) is 0 Å². The Bertz CT molecular complexity index is 351. The molecule has 0 radical (unpaired) electrons. The van der Waals surface area contributed by atoms with Gasteiger partial charge in [-0.25, -0.2) is 8.42 Å². The molecule has 0 unspecified atom stereocenters. The summed E-state index contributed by atoms with van der Waals surface area (Å²) in [5, 5.41) is 1.82. The number of nitrogens with one attached hydrogen (secondary N) is 1. The van der Waals surface area contributed by atoms with Crippen molar-refractivity contribution < 1.29 is 18.0 Å². The summed E-state index contributed by atoms with van der Waals surface area (Å²) in [6.07, 6.45) is 1.65. The second kappa shape index (κ2) is 2.16. The Morgan fingerprint density at radius 2 is 1.91 bits per heavy atom. The minimum Gasteiger partial charge on any atom is -0.288 e. The van der Waals surface area contributed by atoms with Crippen LogP contribution in [-0.4, -0.2) is 26.5 Å². The zero-order chi connectivity index (χ0) is 8.65. The summed E-state index contributed by atoms with van der Waals surface area (Å²) >= 11 is 0. The molecule has 0 saturated heterocycles. The molecule has 2 amide bonds. The van der Waals surface area contributed by atoms with E-state index in [1.165, 1.54) is 0 Å². The van der Waals surface area contributed by atoms with Gasteiger partial charge in [0.05, 0.1) is 0 Å². The highest BCUT2D eigenvalue weighted by Gasteiger charge is 2.28. The molecular weight excluding hydrogens is 170 g/mol. The SMILES string of the molecule is CS(=O)(=O)C1=CC(=O)NC1=O. The first-order valence-corrected chi connectivity index (χ1v) is 4.57. The predicted octanol–water partition coefficient (Wildman–Crippen LogP) is -1.43. The summed E-state index contributed by atoms with van der Waals surface area (Å²) in [4.78, 5) is 20.6. The maximum Gasteiger partial charge on any atom is 0.269 e. The first-order chi connectivity index (χ1) is 4.91. The van der Waals surface area contributed by atoms with Crippen molar-refractivity contribution >= 4 is 21.7 Å². The van der Waals surface area contributed by atoms with Crippen LogP contribution >= 0.6 is 0 Å². The fourth-order valence-electron chi connectivity index (χ4n) is 0.670. The third kappa shape index (κ3) is 1.45. The summed E-state index contributed by atoms with van der Waals surface area (Å²) in [7, 11) is -3.56. The van der Waals surface area contributed by atoms with Crippen molar-refractivity contribution in [2.24, 2.45) is 0 Å². The van der Waals surface area contributed by atoms with Crippen molar-refractivity contribution in [2.45, 2.75) is 0 Å². The number of hydrogen-bond acceptors (Lipinski definition) is 4. The van der Waals surface area contributed by atoms with E-state index in [-0.39, 0.29) is 0 Å². The normalized spacial score (nSPS) is 18.1. The van der Waals surface area contributed by atoms with Gasteiger partial charge in [0.15, 0.2) is 9.84 Å². The Kier molecular flexibility index (Phi) is 1.56. The van der Waals surface area contributed by atoms with Crippen molar-refractivity contribution in [2.75, 3.05) is 6.26 Å². The van der Waals surface area contributed by atoms with Crippen LogP contribution in [0.5, 0.6) is 0 Å². The third-order valence-electron chi connectivity index (χ3n) is 1.12. The lowest BCUT2D eigenvalue weighted by molar-refractivity contribution is -0.123. The molecule has 1 aliphatic heterocycles. The first-order valence-electron chi connectivity index (χ1n) is 2.68. The average Bonchev–Trinajstić information content (AvgIpc) is 2.08. The smallest absolute Gasteiger partial charge is 0.269 e. The summed E-state index contributed by atoms with van der Waals surface area (Å²) in [5.74, 6) is -1.53. The van der Waals surface area contributed by atoms with Crippen LogP contribution < -0.4 is 5.32 Å². The molecule has 5 nitrogen and oxygen atoms in total. The fourth-order valence-corrected chi connectivity index (χ4v) is 1.38. The Balaban J connectivity index is 3.18. The third-order valence-corrected chi connectivity index (χ3v) is 2.22. The first kappa shape index (κ1) is 7.93. The highest BCUT2D eigenvalue weighted by atomic mass is 32.2. The molecule has 0 saturated carbocycles. The van der Waals surface area contributed by atoms with E-state index in [1.807, 2.05) is 5.32 Å². The number of rotatable bonds is 1. The second-order valence-corrected chi connectivity index (χ2v) is 4.08. The van der Waals surface area contributed by atoms with Crippen LogP contribution in [0, 0.1) is 0 Å². The summed E-state index contributed by atoms with van der Waals surface area (Å²) in [6, 6.07) is 0. The number of hydrogen-bond donors (Lipinski definition) is 1. The van der Waals surface area contributed by atoms with E-state index in [4.69, 9.17) is 0 Å². The molecule has 60 valence electrons. The molecule has 1 heterocycles. The van der Waals surface area contributed by atoms with E-state index in [0.717, 1.165) is 12.3 Å². The van der Waals surface area contributed by atoms with Crippen LogP contribution in [0.4, 0.5) is 0 Å². The molecule has 0 aromatic rings. The van der Waals surface area contributed by atoms with Crippen molar-refractivity contribution in [1.29, 1.82) is 0 Å². The van der Waals surface area contributed by atoms with E-state index in [9.17, 15) is 18.0 Å². The number of sulfone groups is 1. The highest BCUT2D eigenvalue weighted by molar-refractivity contribution is 7.95. The number of carbonyl (C=O) groups is 2. The average molecular weight is 175 g/mol. The molecule has 0 aromatic heterocycles.